The number of halogens is 1. The van der Waals surface area contributed by atoms with Crippen LogP contribution in [-0.2, 0) is 0 Å². The minimum absolute atomic E-state index is 0.544. The second-order valence-corrected chi connectivity index (χ2v) is 6.03. The highest BCUT2D eigenvalue weighted by molar-refractivity contribution is 7.99. The number of fused-ring (bicyclic) bond motifs is 1. The van der Waals surface area contributed by atoms with Crippen LogP contribution < -0.4 is 4.90 Å². The first-order chi connectivity index (χ1) is 7.72. The second-order valence-electron chi connectivity index (χ2n) is 4.15. The largest absolute Gasteiger partial charge is 0.372 e. The summed E-state index contributed by atoms with van der Waals surface area (Å²) in [6, 6.07) is 6.30. The molecule has 1 aliphatic heterocycles. The summed E-state index contributed by atoms with van der Waals surface area (Å²) in [6.07, 6.45) is 1.27. The molecule has 0 fully saturated rings. The third-order valence-electron chi connectivity index (χ3n) is 3.09. The molecule has 0 saturated heterocycles. The molecule has 1 aromatic rings. The van der Waals surface area contributed by atoms with Crippen LogP contribution in [0.4, 0.5) is 5.69 Å². The van der Waals surface area contributed by atoms with E-state index >= 15 is 0 Å². The van der Waals surface area contributed by atoms with E-state index < -0.39 is 0 Å². The van der Waals surface area contributed by atoms with Gasteiger partial charge in [-0.1, -0.05) is 11.6 Å². The normalized spacial score (nSPS) is 21.2. The van der Waals surface area contributed by atoms with Crippen LogP contribution in [0.1, 0.15) is 31.1 Å². The fraction of sp³-hybridized carbons (Fsp3) is 0.538. The van der Waals surface area contributed by atoms with Crippen molar-refractivity contribution < 1.29 is 0 Å². The molecule has 88 valence electrons. The Bertz CT molecular complexity index is 367. The van der Waals surface area contributed by atoms with E-state index in [9.17, 15) is 0 Å². The van der Waals surface area contributed by atoms with Gasteiger partial charge in [-0.25, -0.2) is 0 Å². The van der Waals surface area contributed by atoms with E-state index in [4.69, 9.17) is 11.6 Å². The van der Waals surface area contributed by atoms with Crippen molar-refractivity contribution in [3.8, 4) is 0 Å². The van der Waals surface area contributed by atoms with Crippen molar-refractivity contribution in [1.29, 1.82) is 0 Å². The molecule has 1 aromatic carbocycles. The summed E-state index contributed by atoms with van der Waals surface area (Å²) in [7, 11) is 0. The van der Waals surface area contributed by atoms with Gasteiger partial charge < -0.3 is 4.90 Å². The molecule has 0 spiro atoms. The maximum atomic E-state index is 6.10. The molecule has 0 amide bonds. The molecule has 0 saturated carbocycles. The van der Waals surface area contributed by atoms with E-state index in [0.29, 0.717) is 5.25 Å². The molecule has 0 N–H and O–H groups in total. The first kappa shape index (κ1) is 12.1. The zero-order chi connectivity index (χ0) is 11.5. The molecule has 0 aliphatic carbocycles. The van der Waals surface area contributed by atoms with Crippen LogP contribution in [0, 0.1) is 0 Å². The van der Waals surface area contributed by atoms with Gasteiger partial charge in [0.15, 0.2) is 0 Å². The van der Waals surface area contributed by atoms with Crippen LogP contribution in [0.25, 0.3) is 0 Å². The molecule has 3 heteroatoms. The molecule has 1 atom stereocenters. The lowest BCUT2D eigenvalue weighted by Crippen LogP contribution is -2.27. The van der Waals surface area contributed by atoms with Crippen molar-refractivity contribution in [3.63, 3.8) is 0 Å². The van der Waals surface area contributed by atoms with Crippen molar-refractivity contribution in [3.05, 3.63) is 28.8 Å². The summed E-state index contributed by atoms with van der Waals surface area (Å²) in [4.78, 5) is 2.46. The standard InChI is InChI=1S/C13H18ClNS/c1-3-15-7-4-8-16-10(2)12-9-11(14)5-6-13(12)15/h5-6,9-10H,3-4,7-8H2,1-2H3. The van der Waals surface area contributed by atoms with E-state index in [1.807, 2.05) is 17.8 Å². The summed E-state index contributed by atoms with van der Waals surface area (Å²) in [5.41, 5.74) is 2.76. The second kappa shape index (κ2) is 5.33. The molecule has 1 aliphatic rings. The highest BCUT2D eigenvalue weighted by Gasteiger charge is 2.18. The zero-order valence-electron chi connectivity index (χ0n) is 9.87. The molecule has 1 heterocycles. The molecular formula is C13H18ClNS. The highest BCUT2D eigenvalue weighted by Crippen LogP contribution is 2.38. The third kappa shape index (κ3) is 2.49. The van der Waals surface area contributed by atoms with Crippen molar-refractivity contribution in [1.82, 2.24) is 0 Å². The minimum atomic E-state index is 0.544. The number of hydrogen-bond acceptors (Lipinski definition) is 2. The summed E-state index contributed by atoms with van der Waals surface area (Å²) in [6.45, 7) is 6.73. The lowest BCUT2D eigenvalue weighted by atomic mass is 10.1. The molecule has 2 rings (SSSR count). The lowest BCUT2D eigenvalue weighted by Gasteiger charge is -2.30. The maximum absolute atomic E-state index is 6.10. The number of rotatable bonds is 1. The fourth-order valence-electron chi connectivity index (χ4n) is 2.19. The van der Waals surface area contributed by atoms with Gasteiger partial charge in [0.2, 0.25) is 0 Å². The van der Waals surface area contributed by atoms with Gasteiger partial charge in [-0.05, 0) is 49.8 Å². The van der Waals surface area contributed by atoms with Crippen molar-refractivity contribution in [2.45, 2.75) is 25.5 Å². The summed E-state index contributed by atoms with van der Waals surface area (Å²) >= 11 is 8.13. The fourth-order valence-corrected chi connectivity index (χ4v) is 3.39. The van der Waals surface area contributed by atoms with Crippen LogP contribution in [0.5, 0.6) is 0 Å². The smallest absolute Gasteiger partial charge is 0.0410 e. The van der Waals surface area contributed by atoms with Gasteiger partial charge in [0.05, 0.1) is 0 Å². The SMILES string of the molecule is CCN1CCCSC(C)c2cc(Cl)ccc21. The Kier molecular flexibility index (Phi) is 4.04. The van der Waals surface area contributed by atoms with Gasteiger partial charge in [-0.2, -0.15) is 11.8 Å². The monoisotopic (exact) mass is 255 g/mol. The van der Waals surface area contributed by atoms with Crippen molar-refractivity contribution in [2.75, 3.05) is 23.7 Å². The van der Waals surface area contributed by atoms with Gasteiger partial charge in [-0.3, -0.25) is 0 Å². The molecule has 0 bridgehead atoms. The Morgan fingerprint density at radius 2 is 2.31 bits per heavy atom. The van der Waals surface area contributed by atoms with E-state index in [-0.39, 0.29) is 0 Å². The van der Waals surface area contributed by atoms with Gasteiger partial charge >= 0.3 is 0 Å². The third-order valence-corrected chi connectivity index (χ3v) is 4.60. The Labute approximate surface area is 107 Å². The minimum Gasteiger partial charge on any atom is -0.372 e. The molecule has 1 nitrogen and oxygen atoms in total. The number of thioether (sulfide) groups is 1. The number of benzene rings is 1. The van der Waals surface area contributed by atoms with Crippen LogP contribution in [-0.4, -0.2) is 18.8 Å². The predicted molar refractivity (Wildman–Crippen MR) is 74.8 cm³/mol. The van der Waals surface area contributed by atoms with Gasteiger partial charge in [0.1, 0.15) is 0 Å². The Morgan fingerprint density at radius 3 is 3.06 bits per heavy atom. The van der Waals surface area contributed by atoms with Crippen LogP contribution in [0.2, 0.25) is 5.02 Å². The average molecular weight is 256 g/mol. The molecular weight excluding hydrogens is 238 g/mol. The summed E-state index contributed by atoms with van der Waals surface area (Å²) in [5, 5.41) is 1.39. The van der Waals surface area contributed by atoms with Crippen molar-refractivity contribution in [2.24, 2.45) is 0 Å². The van der Waals surface area contributed by atoms with Crippen molar-refractivity contribution >= 4 is 29.1 Å². The molecule has 0 aromatic heterocycles. The first-order valence-electron chi connectivity index (χ1n) is 5.88. The van der Waals surface area contributed by atoms with Crippen LogP contribution in [0.3, 0.4) is 0 Å². The van der Waals surface area contributed by atoms with Gasteiger partial charge in [0.25, 0.3) is 0 Å². The van der Waals surface area contributed by atoms with E-state index in [2.05, 4.69) is 30.9 Å². The highest BCUT2D eigenvalue weighted by atomic mass is 35.5. The van der Waals surface area contributed by atoms with Gasteiger partial charge in [-0.15, -0.1) is 0 Å². The first-order valence-corrected chi connectivity index (χ1v) is 7.31. The van der Waals surface area contributed by atoms with E-state index in [1.165, 1.54) is 23.4 Å². The topological polar surface area (TPSA) is 3.24 Å². The zero-order valence-corrected chi connectivity index (χ0v) is 11.4. The lowest BCUT2D eigenvalue weighted by molar-refractivity contribution is 0.782. The molecule has 16 heavy (non-hydrogen) atoms. The molecule has 1 unspecified atom stereocenters. The quantitative estimate of drug-likeness (QED) is 0.733. The summed E-state index contributed by atoms with van der Waals surface area (Å²) < 4.78 is 0. The Morgan fingerprint density at radius 1 is 1.50 bits per heavy atom. The average Bonchev–Trinajstić information content (AvgIpc) is 2.27. The Hall–Kier alpha value is -0.340. The van der Waals surface area contributed by atoms with Crippen LogP contribution >= 0.6 is 23.4 Å². The number of nitrogens with zero attached hydrogens (tertiary/aromatic N) is 1. The predicted octanol–water partition coefficient (Wildman–Crippen LogP) is 4.36. The Balaban J connectivity index is 2.43. The van der Waals surface area contributed by atoms with E-state index in [0.717, 1.165) is 18.1 Å². The van der Waals surface area contributed by atoms with E-state index in [1.54, 1.807) is 0 Å². The number of hydrogen-bond donors (Lipinski definition) is 0. The number of anilines is 1. The van der Waals surface area contributed by atoms with Gasteiger partial charge in [0, 0.05) is 29.0 Å². The maximum Gasteiger partial charge on any atom is 0.0410 e. The molecule has 0 radical (unpaired) electrons. The van der Waals surface area contributed by atoms with Crippen LogP contribution in [0.15, 0.2) is 18.2 Å². The summed E-state index contributed by atoms with van der Waals surface area (Å²) in [5.74, 6) is 1.24.